The Hall–Kier alpha value is -2.32. The molecule has 1 heterocycles. The molecule has 8 heteroatoms. The van der Waals surface area contributed by atoms with Gasteiger partial charge in [0.25, 0.3) is 5.91 Å². The Morgan fingerprint density at radius 1 is 1.16 bits per heavy atom. The number of fused-ring (bicyclic) bond motifs is 1. The fourth-order valence-electron chi connectivity index (χ4n) is 2.37. The number of hydrogen-bond donors (Lipinski definition) is 2. The van der Waals surface area contributed by atoms with Crippen LogP contribution in [0.1, 0.15) is 16.1 Å². The van der Waals surface area contributed by atoms with Crippen molar-refractivity contribution >= 4 is 48.5 Å². The van der Waals surface area contributed by atoms with Crippen molar-refractivity contribution in [2.45, 2.75) is 6.54 Å². The van der Waals surface area contributed by atoms with Gasteiger partial charge in [0.05, 0.1) is 10.7 Å². The second-order valence-electron chi connectivity index (χ2n) is 5.53. The van der Waals surface area contributed by atoms with Crippen molar-refractivity contribution < 1.29 is 17.6 Å². The van der Waals surface area contributed by atoms with Crippen LogP contribution in [0.2, 0.25) is 0 Å². The lowest BCUT2D eigenvalue weighted by atomic mass is 10.2. The van der Waals surface area contributed by atoms with Crippen LogP contribution in [0.4, 0.5) is 5.69 Å². The normalized spacial score (nSPS) is 11.4. The molecule has 6 nitrogen and oxygen atoms in total. The van der Waals surface area contributed by atoms with E-state index >= 15 is 0 Å². The molecule has 2 N–H and O–H groups in total. The van der Waals surface area contributed by atoms with Crippen molar-refractivity contribution in [3.8, 4) is 0 Å². The van der Waals surface area contributed by atoms with E-state index in [4.69, 9.17) is 4.42 Å². The number of benzene rings is 2. The quantitative estimate of drug-likeness (QED) is 0.658. The maximum absolute atomic E-state index is 12.3. The SMILES string of the molecule is CS(=O)(=O)Nc1cccc(CNC(=O)c2cc3cccc(Br)c3o2)c1. The Balaban J connectivity index is 1.71. The summed E-state index contributed by atoms with van der Waals surface area (Å²) in [5.41, 5.74) is 1.83. The average Bonchev–Trinajstić information content (AvgIpc) is 2.97. The zero-order valence-electron chi connectivity index (χ0n) is 13.2. The summed E-state index contributed by atoms with van der Waals surface area (Å²) in [5.74, 6) is -0.128. The number of anilines is 1. The maximum Gasteiger partial charge on any atom is 0.287 e. The monoisotopic (exact) mass is 422 g/mol. The van der Waals surface area contributed by atoms with Gasteiger partial charge in [-0.05, 0) is 45.8 Å². The topological polar surface area (TPSA) is 88.4 Å². The van der Waals surface area contributed by atoms with Gasteiger partial charge in [-0.15, -0.1) is 0 Å². The van der Waals surface area contributed by atoms with Crippen LogP contribution in [0, 0.1) is 0 Å². The van der Waals surface area contributed by atoms with Gasteiger partial charge in [-0.25, -0.2) is 8.42 Å². The fourth-order valence-corrected chi connectivity index (χ4v) is 3.39. The number of amides is 1. The molecule has 0 bridgehead atoms. The van der Waals surface area contributed by atoms with Gasteiger partial charge in [-0.2, -0.15) is 0 Å². The molecule has 0 radical (unpaired) electrons. The second-order valence-corrected chi connectivity index (χ2v) is 8.13. The van der Waals surface area contributed by atoms with Crippen LogP contribution in [0.5, 0.6) is 0 Å². The van der Waals surface area contributed by atoms with Crippen molar-refractivity contribution in [1.29, 1.82) is 0 Å². The number of rotatable bonds is 5. The fraction of sp³-hybridized carbons (Fsp3) is 0.118. The summed E-state index contributed by atoms with van der Waals surface area (Å²) >= 11 is 3.39. The van der Waals surface area contributed by atoms with Gasteiger partial charge < -0.3 is 9.73 Å². The molecule has 0 aliphatic rings. The van der Waals surface area contributed by atoms with Crippen molar-refractivity contribution in [3.63, 3.8) is 0 Å². The molecule has 0 atom stereocenters. The van der Waals surface area contributed by atoms with Gasteiger partial charge in [-0.3, -0.25) is 9.52 Å². The molecule has 0 unspecified atom stereocenters. The van der Waals surface area contributed by atoms with Gasteiger partial charge in [-0.1, -0.05) is 24.3 Å². The number of furan rings is 1. The lowest BCUT2D eigenvalue weighted by molar-refractivity contribution is 0.0925. The molecule has 0 saturated carbocycles. The van der Waals surface area contributed by atoms with Gasteiger partial charge in [0.15, 0.2) is 5.76 Å². The second kappa shape index (κ2) is 6.89. The van der Waals surface area contributed by atoms with E-state index in [0.717, 1.165) is 21.7 Å². The zero-order valence-corrected chi connectivity index (χ0v) is 15.6. The number of para-hydroxylation sites is 1. The summed E-state index contributed by atoms with van der Waals surface area (Å²) in [4.78, 5) is 12.3. The lowest BCUT2D eigenvalue weighted by Gasteiger charge is -2.07. The first-order valence-corrected chi connectivity index (χ1v) is 10.0. The highest BCUT2D eigenvalue weighted by Crippen LogP contribution is 2.26. The van der Waals surface area contributed by atoms with Crippen molar-refractivity contribution in [3.05, 3.63) is 64.3 Å². The van der Waals surface area contributed by atoms with Crippen LogP contribution < -0.4 is 10.0 Å². The third-order valence-electron chi connectivity index (χ3n) is 3.40. The predicted octanol–water partition coefficient (Wildman–Crippen LogP) is 3.50. The smallest absolute Gasteiger partial charge is 0.287 e. The van der Waals surface area contributed by atoms with Gasteiger partial charge in [0, 0.05) is 17.6 Å². The van der Waals surface area contributed by atoms with Crippen LogP contribution in [-0.4, -0.2) is 20.6 Å². The zero-order chi connectivity index (χ0) is 18.0. The first-order chi connectivity index (χ1) is 11.8. The van der Waals surface area contributed by atoms with E-state index in [1.54, 1.807) is 30.3 Å². The molecule has 1 aromatic heterocycles. The number of hydrogen-bond acceptors (Lipinski definition) is 4. The van der Waals surface area contributed by atoms with E-state index in [9.17, 15) is 13.2 Å². The minimum atomic E-state index is -3.34. The molecule has 0 aliphatic heterocycles. The minimum absolute atomic E-state index is 0.215. The van der Waals surface area contributed by atoms with Crippen LogP contribution in [0.3, 0.4) is 0 Å². The summed E-state index contributed by atoms with van der Waals surface area (Å²) in [6.07, 6.45) is 1.08. The van der Waals surface area contributed by atoms with Crippen molar-refractivity contribution in [2.24, 2.45) is 0 Å². The third-order valence-corrected chi connectivity index (χ3v) is 4.63. The Bertz CT molecular complexity index is 1040. The third kappa shape index (κ3) is 4.40. The predicted molar refractivity (Wildman–Crippen MR) is 100.0 cm³/mol. The molecule has 130 valence electrons. The summed E-state index contributed by atoms with van der Waals surface area (Å²) in [6, 6.07) is 14.1. The molecule has 25 heavy (non-hydrogen) atoms. The molecule has 0 saturated heterocycles. The first-order valence-electron chi connectivity index (χ1n) is 7.35. The highest BCUT2D eigenvalue weighted by molar-refractivity contribution is 9.10. The average molecular weight is 423 g/mol. The Kier molecular flexibility index (Phi) is 4.82. The van der Waals surface area contributed by atoms with Crippen LogP contribution >= 0.6 is 15.9 Å². The van der Waals surface area contributed by atoms with Gasteiger partial charge >= 0.3 is 0 Å². The van der Waals surface area contributed by atoms with Gasteiger partial charge in [0.1, 0.15) is 5.58 Å². The molecule has 2 aromatic carbocycles. The molecule has 3 rings (SSSR count). The number of carbonyl (C=O) groups is 1. The van der Waals surface area contributed by atoms with E-state index in [-0.39, 0.29) is 18.2 Å². The Morgan fingerprint density at radius 2 is 1.92 bits per heavy atom. The molecular formula is C17H15BrN2O4S. The molecule has 0 fully saturated rings. The van der Waals surface area contributed by atoms with E-state index in [1.165, 1.54) is 0 Å². The summed E-state index contributed by atoms with van der Waals surface area (Å²) in [7, 11) is -3.34. The summed E-state index contributed by atoms with van der Waals surface area (Å²) in [5, 5.41) is 3.59. The largest absolute Gasteiger partial charge is 0.450 e. The minimum Gasteiger partial charge on any atom is -0.450 e. The Labute approximate surface area is 153 Å². The molecule has 0 aliphatic carbocycles. The van der Waals surface area contributed by atoms with E-state index in [1.807, 2.05) is 18.2 Å². The molecular weight excluding hydrogens is 408 g/mol. The first kappa shape index (κ1) is 17.5. The van der Waals surface area contributed by atoms with Crippen molar-refractivity contribution in [1.82, 2.24) is 5.32 Å². The van der Waals surface area contributed by atoms with E-state index in [2.05, 4.69) is 26.0 Å². The van der Waals surface area contributed by atoms with Crippen LogP contribution in [-0.2, 0) is 16.6 Å². The maximum atomic E-state index is 12.3. The lowest BCUT2D eigenvalue weighted by Crippen LogP contribution is -2.22. The van der Waals surface area contributed by atoms with Crippen LogP contribution in [0.25, 0.3) is 11.0 Å². The molecule has 1 amide bonds. The van der Waals surface area contributed by atoms with E-state index in [0.29, 0.717) is 11.3 Å². The summed E-state index contributed by atoms with van der Waals surface area (Å²) in [6.45, 7) is 0.246. The summed E-state index contributed by atoms with van der Waals surface area (Å²) < 4.78 is 31.3. The number of carbonyl (C=O) groups excluding carboxylic acids is 1. The van der Waals surface area contributed by atoms with E-state index < -0.39 is 10.0 Å². The van der Waals surface area contributed by atoms with Crippen molar-refractivity contribution in [2.75, 3.05) is 11.0 Å². The highest BCUT2D eigenvalue weighted by atomic mass is 79.9. The standard InChI is InChI=1S/C17H15BrN2O4S/c1-25(22,23)20-13-6-2-4-11(8-13)10-19-17(21)15-9-12-5-3-7-14(18)16(12)24-15/h2-9,20H,10H2,1H3,(H,19,21). The molecule has 3 aromatic rings. The van der Waals surface area contributed by atoms with Gasteiger partial charge in [0.2, 0.25) is 10.0 Å². The highest BCUT2D eigenvalue weighted by Gasteiger charge is 2.13. The van der Waals surface area contributed by atoms with Crippen LogP contribution in [0.15, 0.2) is 57.4 Å². The number of nitrogens with one attached hydrogen (secondary N) is 2. The number of halogens is 1. The molecule has 0 spiro atoms. The number of sulfonamides is 1. The Morgan fingerprint density at radius 3 is 2.64 bits per heavy atom.